The SMILES string of the molecule is CC.COC(=O)c1cncc(Cc2cccc(F)c2)c1. The smallest absolute Gasteiger partial charge is 0.339 e. The van der Waals surface area contributed by atoms with Crippen molar-refractivity contribution in [2.75, 3.05) is 7.11 Å². The van der Waals surface area contributed by atoms with Gasteiger partial charge in [0.15, 0.2) is 0 Å². The molecule has 0 amide bonds. The van der Waals surface area contributed by atoms with Crippen LogP contribution in [-0.2, 0) is 11.2 Å². The number of nitrogens with zero attached hydrogens (tertiary/aromatic N) is 1. The molecule has 0 bridgehead atoms. The van der Waals surface area contributed by atoms with E-state index in [0.717, 1.165) is 11.1 Å². The molecule has 3 nitrogen and oxygen atoms in total. The van der Waals surface area contributed by atoms with Crippen LogP contribution < -0.4 is 0 Å². The van der Waals surface area contributed by atoms with Crippen LogP contribution in [0.3, 0.4) is 0 Å². The summed E-state index contributed by atoms with van der Waals surface area (Å²) in [6.07, 6.45) is 3.62. The molecule has 1 aromatic heterocycles. The first kappa shape index (κ1) is 15.8. The maximum atomic E-state index is 13.0. The Morgan fingerprint density at radius 3 is 2.60 bits per heavy atom. The Hall–Kier alpha value is -2.23. The molecule has 0 atom stereocenters. The molecule has 0 radical (unpaired) electrons. The second-order valence-corrected chi connectivity index (χ2v) is 3.88. The van der Waals surface area contributed by atoms with E-state index in [2.05, 4.69) is 9.72 Å². The van der Waals surface area contributed by atoms with Gasteiger partial charge in [-0.2, -0.15) is 0 Å². The van der Waals surface area contributed by atoms with Gasteiger partial charge >= 0.3 is 5.97 Å². The Bertz CT molecular complexity index is 570. The highest BCUT2D eigenvalue weighted by Gasteiger charge is 2.07. The van der Waals surface area contributed by atoms with Gasteiger partial charge in [-0.3, -0.25) is 4.98 Å². The number of carbonyl (C=O) groups is 1. The van der Waals surface area contributed by atoms with Crippen molar-refractivity contribution in [3.05, 3.63) is 65.2 Å². The van der Waals surface area contributed by atoms with Gasteiger partial charge in [-0.25, -0.2) is 9.18 Å². The van der Waals surface area contributed by atoms with E-state index in [1.165, 1.54) is 25.4 Å². The van der Waals surface area contributed by atoms with Gasteiger partial charge in [-0.05, 0) is 35.7 Å². The van der Waals surface area contributed by atoms with Gasteiger partial charge in [0.2, 0.25) is 0 Å². The molecule has 0 aliphatic rings. The standard InChI is InChI=1S/C14H12FNO2.C2H6/c1-18-14(17)12-6-11(8-16-9-12)5-10-3-2-4-13(15)7-10;1-2/h2-4,6-9H,5H2,1H3;1-2H3. The van der Waals surface area contributed by atoms with Crippen LogP contribution in [0.1, 0.15) is 35.3 Å². The fraction of sp³-hybridized carbons (Fsp3) is 0.250. The van der Waals surface area contributed by atoms with Crippen molar-refractivity contribution in [2.24, 2.45) is 0 Å². The predicted octanol–water partition coefficient (Wildman–Crippen LogP) is 3.62. The maximum Gasteiger partial charge on any atom is 0.339 e. The Balaban J connectivity index is 0.000000956. The number of ether oxygens (including phenoxy) is 1. The quantitative estimate of drug-likeness (QED) is 0.803. The molecule has 0 spiro atoms. The molecule has 1 heterocycles. The number of pyridine rings is 1. The number of carbonyl (C=O) groups excluding carboxylic acids is 1. The molecule has 106 valence electrons. The van der Waals surface area contributed by atoms with Gasteiger partial charge in [-0.1, -0.05) is 26.0 Å². The van der Waals surface area contributed by atoms with Crippen molar-refractivity contribution in [1.82, 2.24) is 4.98 Å². The number of aromatic nitrogens is 1. The van der Waals surface area contributed by atoms with Crippen LogP contribution in [0, 0.1) is 5.82 Å². The van der Waals surface area contributed by atoms with E-state index in [1.54, 1.807) is 18.3 Å². The van der Waals surface area contributed by atoms with Crippen LogP contribution in [0.4, 0.5) is 4.39 Å². The molecule has 4 heteroatoms. The van der Waals surface area contributed by atoms with Crippen LogP contribution >= 0.6 is 0 Å². The summed E-state index contributed by atoms with van der Waals surface area (Å²) in [6, 6.07) is 8.04. The van der Waals surface area contributed by atoms with Crippen LogP contribution in [0.5, 0.6) is 0 Å². The zero-order valence-corrected chi connectivity index (χ0v) is 11.9. The molecule has 20 heavy (non-hydrogen) atoms. The average Bonchev–Trinajstić information content (AvgIpc) is 2.49. The summed E-state index contributed by atoms with van der Waals surface area (Å²) in [6.45, 7) is 4.00. The lowest BCUT2D eigenvalue weighted by Crippen LogP contribution is -2.03. The maximum absolute atomic E-state index is 13.0. The van der Waals surface area contributed by atoms with E-state index in [0.29, 0.717) is 12.0 Å². The van der Waals surface area contributed by atoms with Gasteiger partial charge in [0.1, 0.15) is 5.82 Å². The van der Waals surface area contributed by atoms with Gasteiger partial charge < -0.3 is 4.74 Å². The molecule has 0 aliphatic heterocycles. The highest BCUT2D eigenvalue weighted by Crippen LogP contribution is 2.12. The number of methoxy groups -OCH3 is 1. The monoisotopic (exact) mass is 275 g/mol. The van der Waals surface area contributed by atoms with E-state index in [-0.39, 0.29) is 5.82 Å². The molecule has 2 rings (SSSR count). The molecule has 0 N–H and O–H groups in total. The minimum absolute atomic E-state index is 0.274. The second kappa shape index (κ2) is 8.04. The zero-order valence-electron chi connectivity index (χ0n) is 11.9. The minimum atomic E-state index is -0.427. The first-order valence-electron chi connectivity index (χ1n) is 6.46. The summed E-state index contributed by atoms with van der Waals surface area (Å²) in [5.74, 6) is -0.701. The Morgan fingerprint density at radius 1 is 1.20 bits per heavy atom. The fourth-order valence-corrected chi connectivity index (χ4v) is 1.70. The molecule has 0 saturated heterocycles. The number of benzene rings is 1. The molecule has 2 aromatic rings. The van der Waals surface area contributed by atoms with Gasteiger partial charge in [0.25, 0.3) is 0 Å². The third-order valence-corrected chi connectivity index (χ3v) is 2.51. The van der Waals surface area contributed by atoms with Crippen molar-refractivity contribution < 1.29 is 13.9 Å². The number of esters is 1. The molecular weight excluding hydrogens is 257 g/mol. The minimum Gasteiger partial charge on any atom is -0.465 e. The first-order chi connectivity index (χ1) is 9.69. The normalized spacial score (nSPS) is 9.40. The predicted molar refractivity (Wildman–Crippen MR) is 76.1 cm³/mol. The van der Waals surface area contributed by atoms with Crippen LogP contribution in [0.25, 0.3) is 0 Å². The lowest BCUT2D eigenvalue weighted by atomic mass is 10.1. The molecule has 0 saturated carbocycles. The van der Waals surface area contributed by atoms with E-state index in [1.807, 2.05) is 19.9 Å². The summed E-state index contributed by atoms with van der Waals surface area (Å²) in [4.78, 5) is 15.3. The van der Waals surface area contributed by atoms with Crippen LogP contribution in [0.2, 0.25) is 0 Å². The highest BCUT2D eigenvalue weighted by molar-refractivity contribution is 5.89. The Kier molecular flexibility index (Phi) is 6.37. The summed E-state index contributed by atoms with van der Waals surface area (Å²) in [5.41, 5.74) is 2.06. The fourth-order valence-electron chi connectivity index (χ4n) is 1.70. The lowest BCUT2D eigenvalue weighted by Gasteiger charge is -2.04. The molecule has 0 unspecified atom stereocenters. The average molecular weight is 275 g/mol. The molecule has 0 fully saturated rings. The topological polar surface area (TPSA) is 39.2 Å². The van der Waals surface area contributed by atoms with Crippen molar-refractivity contribution in [1.29, 1.82) is 0 Å². The van der Waals surface area contributed by atoms with Gasteiger partial charge in [-0.15, -0.1) is 0 Å². The zero-order chi connectivity index (χ0) is 15.0. The van der Waals surface area contributed by atoms with Crippen LogP contribution in [-0.4, -0.2) is 18.1 Å². The summed E-state index contributed by atoms with van der Waals surface area (Å²) in [5, 5.41) is 0. The molecular formula is C16H18FNO2. The van der Waals surface area contributed by atoms with E-state index < -0.39 is 5.97 Å². The van der Waals surface area contributed by atoms with E-state index >= 15 is 0 Å². The van der Waals surface area contributed by atoms with Crippen molar-refractivity contribution in [3.63, 3.8) is 0 Å². The highest BCUT2D eigenvalue weighted by atomic mass is 19.1. The number of hydrogen-bond acceptors (Lipinski definition) is 3. The third kappa shape index (κ3) is 4.46. The van der Waals surface area contributed by atoms with Crippen molar-refractivity contribution >= 4 is 5.97 Å². The summed E-state index contributed by atoms with van der Waals surface area (Å²) < 4.78 is 17.7. The van der Waals surface area contributed by atoms with Gasteiger partial charge in [0.05, 0.1) is 12.7 Å². The Labute approximate surface area is 118 Å². The van der Waals surface area contributed by atoms with Gasteiger partial charge in [0, 0.05) is 12.4 Å². The lowest BCUT2D eigenvalue weighted by molar-refractivity contribution is 0.0600. The third-order valence-electron chi connectivity index (χ3n) is 2.51. The Morgan fingerprint density at radius 2 is 1.95 bits per heavy atom. The number of rotatable bonds is 3. The summed E-state index contributed by atoms with van der Waals surface area (Å²) in [7, 11) is 1.32. The van der Waals surface area contributed by atoms with Crippen LogP contribution in [0.15, 0.2) is 42.7 Å². The first-order valence-corrected chi connectivity index (χ1v) is 6.46. The number of halogens is 1. The second-order valence-electron chi connectivity index (χ2n) is 3.88. The number of hydrogen-bond donors (Lipinski definition) is 0. The molecule has 1 aromatic carbocycles. The summed E-state index contributed by atoms with van der Waals surface area (Å²) >= 11 is 0. The van der Waals surface area contributed by atoms with E-state index in [9.17, 15) is 9.18 Å². The molecule has 0 aliphatic carbocycles. The van der Waals surface area contributed by atoms with E-state index in [4.69, 9.17) is 0 Å². The van der Waals surface area contributed by atoms with Crippen molar-refractivity contribution in [3.8, 4) is 0 Å². The van der Waals surface area contributed by atoms with Crippen molar-refractivity contribution in [2.45, 2.75) is 20.3 Å². The largest absolute Gasteiger partial charge is 0.465 e.